The van der Waals surface area contributed by atoms with Crippen LogP contribution in [0.15, 0.2) is 77.7 Å². The summed E-state index contributed by atoms with van der Waals surface area (Å²) in [4.78, 5) is 12.1. The molecule has 3 aromatic rings. The van der Waals surface area contributed by atoms with E-state index in [4.69, 9.17) is 11.6 Å². The molecule has 0 fully saturated rings. The molecule has 3 aromatic carbocycles. The van der Waals surface area contributed by atoms with Gasteiger partial charge in [0.15, 0.2) is 0 Å². The van der Waals surface area contributed by atoms with E-state index in [1.807, 2.05) is 30.3 Å². The van der Waals surface area contributed by atoms with Crippen LogP contribution in [0.1, 0.15) is 29.3 Å². The summed E-state index contributed by atoms with van der Waals surface area (Å²) in [6.45, 7) is 1.76. The van der Waals surface area contributed by atoms with Crippen LogP contribution >= 0.6 is 11.6 Å². The number of nitrogens with one attached hydrogen (secondary N) is 2. The maximum Gasteiger partial charge on any atom is 0.257 e. The SMILES string of the molecule is CC(CCc1ccccc1)NS(=O)(=O)c1ccc(NC(=O)c2ccccc2Cl)c(F)c1. The molecule has 0 aromatic heterocycles. The second-order valence-corrected chi connectivity index (χ2v) is 9.24. The van der Waals surface area contributed by atoms with Gasteiger partial charge in [-0.2, -0.15) is 0 Å². The van der Waals surface area contributed by atoms with E-state index >= 15 is 0 Å². The molecule has 8 heteroatoms. The zero-order chi connectivity index (χ0) is 22.4. The fourth-order valence-corrected chi connectivity index (χ4v) is 4.53. The molecule has 1 atom stereocenters. The maximum atomic E-state index is 14.5. The Hall–Kier alpha value is -2.74. The van der Waals surface area contributed by atoms with Gasteiger partial charge in [0, 0.05) is 6.04 Å². The summed E-state index contributed by atoms with van der Waals surface area (Å²) in [6.07, 6.45) is 1.31. The van der Waals surface area contributed by atoms with Crippen LogP contribution in [-0.4, -0.2) is 20.4 Å². The van der Waals surface area contributed by atoms with E-state index in [0.717, 1.165) is 11.6 Å². The van der Waals surface area contributed by atoms with Crippen LogP contribution in [0.2, 0.25) is 5.02 Å². The number of carbonyl (C=O) groups is 1. The Kier molecular flexibility index (Phi) is 7.43. The third-order valence-electron chi connectivity index (χ3n) is 4.68. The van der Waals surface area contributed by atoms with E-state index in [1.54, 1.807) is 25.1 Å². The lowest BCUT2D eigenvalue weighted by atomic mass is 10.1. The number of anilines is 1. The van der Waals surface area contributed by atoms with Crippen molar-refractivity contribution in [3.63, 3.8) is 0 Å². The van der Waals surface area contributed by atoms with Gasteiger partial charge in [-0.1, -0.05) is 54.1 Å². The second-order valence-electron chi connectivity index (χ2n) is 7.12. The quantitative estimate of drug-likeness (QED) is 0.495. The third kappa shape index (κ3) is 6.13. The van der Waals surface area contributed by atoms with Crippen LogP contribution in [-0.2, 0) is 16.4 Å². The predicted molar refractivity (Wildman–Crippen MR) is 120 cm³/mol. The average Bonchev–Trinajstić information content (AvgIpc) is 2.74. The minimum absolute atomic E-state index is 0.138. The molecule has 3 rings (SSSR count). The lowest BCUT2D eigenvalue weighted by molar-refractivity contribution is 0.102. The van der Waals surface area contributed by atoms with Gasteiger partial charge in [-0.15, -0.1) is 0 Å². The highest BCUT2D eigenvalue weighted by Crippen LogP contribution is 2.22. The Morgan fingerprint density at radius 2 is 1.71 bits per heavy atom. The lowest BCUT2D eigenvalue weighted by Crippen LogP contribution is -2.33. The molecule has 0 aliphatic heterocycles. The summed E-state index contributed by atoms with van der Waals surface area (Å²) >= 11 is 5.98. The molecule has 1 unspecified atom stereocenters. The first kappa shape index (κ1) is 22.9. The van der Waals surface area contributed by atoms with E-state index in [-0.39, 0.29) is 27.2 Å². The van der Waals surface area contributed by atoms with Crippen molar-refractivity contribution in [2.45, 2.75) is 30.7 Å². The number of carbonyl (C=O) groups excluding carboxylic acids is 1. The van der Waals surface area contributed by atoms with Gasteiger partial charge in [0.2, 0.25) is 10.0 Å². The van der Waals surface area contributed by atoms with Crippen molar-refractivity contribution in [3.05, 3.63) is 94.8 Å². The van der Waals surface area contributed by atoms with E-state index in [1.165, 1.54) is 18.2 Å². The van der Waals surface area contributed by atoms with Crippen molar-refractivity contribution in [1.82, 2.24) is 4.72 Å². The van der Waals surface area contributed by atoms with Crippen molar-refractivity contribution >= 4 is 33.2 Å². The zero-order valence-electron chi connectivity index (χ0n) is 16.8. The molecule has 1 amide bonds. The first-order chi connectivity index (χ1) is 14.8. The molecule has 0 spiro atoms. The standard InChI is InChI=1S/C23H22ClFN2O3S/c1-16(11-12-17-7-3-2-4-8-17)27-31(29,30)18-13-14-22(21(25)15-18)26-23(28)19-9-5-6-10-20(19)24/h2-10,13-16,27H,11-12H2,1H3,(H,26,28). The van der Waals surface area contributed by atoms with Crippen LogP contribution in [0.5, 0.6) is 0 Å². The summed E-state index contributed by atoms with van der Waals surface area (Å²) < 4.78 is 42.3. The fraction of sp³-hybridized carbons (Fsp3) is 0.174. The van der Waals surface area contributed by atoms with Gasteiger partial charge in [-0.25, -0.2) is 17.5 Å². The van der Waals surface area contributed by atoms with Gasteiger partial charge in [-0.05, 0) is 55.7 Å². The topological polar surface area (TPSA) is 75.3 Å². The maximum absolute atomic E-state index is 14.5. The molecule has 0 saturated heterocycles. The second kappa shape index (κ2) is 10.0. The van der Waals surface area contributed by atoms with Gasteiger partial charge < -0.3 is 5.32 Å². The zero-order valence-corrected chi connectivity index (χ0v) is 18.4. The highest BCUT2D eigenvalue weighted by atomic mass is 35.5. The van der Waals surface area contributed by atoms with Crippen molar-refractivity contribution in [3.8, 4) is 0 Å². The number of sulfonamides is 1. The van der Waals surface area contributed by atoms with Gasteiger partial charge >= 0.3 is 0 Å². The lowest BCUT2D eigenvalue weighted by Gasteiger charge is -2.15. The Morgan fingerprint density at radius 3 is 2.39 bits per heavy atom. The van der Waals surface area contributed by atoms with Crippen molar-refractivity contribution < 1.29 is 17.6 Å². The first-order valence-electron chi connectivity index (χ1n) is 9.68. The van der Waals surface area contributed by atoms with Crippen LogP contribution in [0, 0.1) is 5.82 Å². The molecule has 0 aliphatic carbocycles. The van der Waals surface area contributed by atoms with Crippen molar-refractivity contribution in [2.24, 2.45) is 0 Å². The monoisotopic (exact) mass is 460 g/mol. The molecule has 31 heavy (non-hydrogen) atoms. The Balaban J connectivity index is 1.66. The largest absolute Gasteiger partial charge is 0.319 e. The van der Waals surface area contributed by atoms with Gasteiger partial charge in [0.1, 0.15) is 5.82 Å². The summed E-state index contributed by atoms with van der Waals surface area (Å²) in [6, 6.07) is 19.1. The number of amides is 1. The molecular formula is C23H22ClFN2O3S. The highest BCUT2D eigenvalue weighted by Gasteiger charge is 2.20. The number of rotatable bonds is 8. The molecule has 0 bridgehead atoms. The minimum Gasteiger partial charge on any atom is -0.319 e. The molecule has 0 heterocycles. The van der Waals surface area contributed by atoms with E-state index in [0.29, 0.717) is 12.8 Å². The van der Waals surface area contributed by atoms with Gasteiger partial charge in [0.05, 0.1) is 21.2 Å². The van der Waals surface area contributed by atoms with Gasteiger partial charge in [-0.3, -0.25) is 4.79 Å². The average molecular weight is 461 g/mol. The third-order valence-corrected chi connectivity index (χ3v) is 6.60. The number of hydrogen-bond acceptors (Lipinski definition) is 3. The van der Waals surface area contributed by atoms with Crippen molar-refractivity contribution in [1.29, 1.82) is 0 Å². The summed E-state index contributed by atoms with van der Waals surface area (Å²) in [5.74, 6) is -1.45. The fourth-order valence-electron chi connectivity index (χ4n) is 3.02. The molecule has 0 saturated carbocycles. The van der Waals surface area contributed by atoms with E-state index < -0.39 is 21.7 Å². The van der Waals surface area contributed by atoms with Crippen molar-refractivity contribution in [2.75, 3.05) is 5.32 Å². The number of halogens is 2. The summed E-state index contributed by atoms with van der Waals surface area (Å²) in [5, 5.41) is 2.64. The smallest absolute Gasteiger partial charge is 0.257 e. The van der Waals surface area contributed by atoms with E-state index in [9.17, 15) is 17.6 Å². The van der Waals surface area contributed by atoms with E-state index in [2.05, 4.69) is 10.0 Å². The Bertz CT molecular complexity index is 1170. The minimum atomic E-state index is -3.91. The number of aryl methyl sites for hydroxylation is 1. The van der Waals surface area contributed by atoms with Crippen LogP contribution in [0.4, 0.5) is 10.1 Å². The molecule has 2 N–H and O–H groups in total. The van der Waals surface area contributed by atoms with Crippen LogP contribution in [0.3, 0.4) is 0 Å². The predicted octanol–water partition coefficient (Wildman–Crippen LogP) is 5.03. The molecule has 5 nitrogen and oxygen atoms in total. The molecule has 0 aliphatic rings. The molecule has 162 valence electrons. The summed E-state index contributed by atoms with van der Waals surface area (Å²) in [5.41, 5.74) is 1.16. The number of benzene rings is 3. The summed E-state index contributed by atoms with van der Waals surface area (Å²) in [7, 11) is -3.91. The molecular weight excluding hydrogens is 439 g/mol. The number of hydrogen-bond donors (Lipinski definition) is 2. The normalized spacial score (nSPS) is 12.4. The highest BCUT2D eigenvalue weighted by molar-refractivity contribution is 7.89. The molecule has 0 radical (unpaired) electrons. The Labute approximate surface area is 186 Å². The van der Waals surface area contributed by atoms with Crippen LogP contribution < -0.4 is 10.0 Å². The van der Waals surface area contributed by atoms with Crippen LogP contribution in [0.25, 0.3) is 0 Å². The Morgan fingerprint density at radius 1 is 1.03 bits per heavy atom. The first-order valence-corrected chi connectivity index (χ1v) is 11.5. The van der Waals surface area contributed by atoms with Gasteiger partial charge in [0.25, 0.3) is 5.91 Å².